The Morgan fingerprint density at radius 2 is 2.00 bits per heavy atom. The second kappa shape index (κ2) is 3.02. The fourth-order valence-electron chi connectivity index (χ4n) is 2.08. The van der Waals surface area contributed by atoms with E-state index in [1.807, 2.05) is 0 Å². The van der Waals surface area contributed by atoms with E-state index in [2.05, 4.69) is 19.2 Å². The lowest BCUT2D eigenvalue weighted by Gasteiger charge is -2.30. The van der Waals surface area contributed by atoms with Gasteiger partial charge in [0, 0.05) is 12.6 Å². The molecular weight excluding hydrogens is 146 g/mol. The molecule has 70 valence electrons. The summed E-state index contributed by atoms with van der Waals surface area (Å²) in [7, 11) is 0. The molecule has 0 atom stereocenters. The highest BCUT2D eigenvalue weighted by atomic mass is 14.9. The van der Waals surface area contributed by atoms with Crippen LogP contribution in [-0.2, 0) is 0 Å². The number of hydrogen-bond acceptors (Lipinski definition) is 1. The minimum absolute atomic E-state index is 0.704. The third-order valence-corrected chi connectivity index (χ3v) is 3.96. The molecule has 0 saturated heterocycles. The van der Waals surface area contributed by atoms with E-state index in [0.29, 0.717) is 5.41 Å². The zero-order valence-corrected chi connectivity index (χ0v) is 8.40. The first kappa shape index (κ1) is 8.55. The summed E-state index contributed by atoms with van der Waals surface area (Å²) in [4.78, 5) is 0. The molecule has 12 heavy (non-hydrogen) atoms. The van der Waals surface area contributed by atoms with Gasteiger partial charge in [-0.15, -0.1) is 0 Å². The van der Waals surface area contributed by atoms with E-state index in [4.69, 9.17) is 0 Å². The maximum Gasteiger partial charge on any atom is 0.00673 e. The Hall–Kier alpha value is -0.0400. The molecule has 0 aromatic rings. The Bertz CT molecular complexity index is 154. The van der Waals surface area contributed by atoms with Crippen LogP contribution in [0.5, 0.6) is 0 Å². The molecule has 0 heterocycles. The van der Waals surface area contributed by atoms with Gasteiger partial charge in [-0.3, -0.25) is 0 Å². The van der Waals surface area contributed by atoms with E-state index < -0.39 is 0 Å². The van der Waals surface area contributed by atoms with Gasteiger partial charge in [-0.05, 0) is 37.0 Å². The average Bonchev–Trinajstić information content (AvgIpc) is 2.65. The molecule has 2 fully saturated rings. The van der Waals surface area contributed by atoms with Crippen molar-refractivity contribution in [2.24, 2.45) is 11.3 Å². The van der Waals surface area contributed by atoms with E-state index in [1.54, 1.807) is 0 Å². The first-order valence-corrected chi connectivity index (χ1v) is 5.46. The Labute approximate surface area is 75.9 Å². The molecule has 0 aromatic heterocycles. The highest BCUT2D eigenvalue weighted by molar-refractivity contribution is 4.98. The van der Waals surface area contributed by atoms with Crippen molar-refractivity contribution in [2.75, 3.05) is 6.54 Å². The van der Waals surface area contributed by atoms with Crippen molar-refractivity contribution in [1.29, 1.82) is 0 Å². The van der Waals surface area contributed by atoms with E-state index >= 15 is 0 Å². The van der Waals surface area contributed by atoms with Gasteiger partial charge in [-0.2, -0.15) is 0 Å². The van der Waals surface area contributed by atoms with E-state index in [0.717, 1.165) is 12.0 Å². The molecule has 0 aliphatic heterocycles. The van der Waals surface area contributed by atoms with Crippen LogP contribution in [0, 0.1) is 11.3 Å². The van der Waals surface area contributed by atoms with E-state index in [9.17, 15) is 0 Å². The molecule has 1 N–H and O–H groups in total. The predicted molar refractivity (Wildman–Crippen MR) is 52.1 cm³/mol. The molecule has 0 amide bonds. The van der Waals surface area contributed by atoms with Gasteiger partial charge in [0.2, 0.25) is 0 Å². The summed E-state index contributed by atoms with van der Waals surface area (Å²) in [5.74, 6) is 0.880. The molecule has 0 aromatic carbocycles. The summed E-state index contributed by atoms with van der Waals surface area (Å²) in [6.45, 7) is 6.03. The highest BCUT2D eigenvalue weighted by Gasteiger charge is 2.45. The molecule has 2 saturated carbocycles. The summed E-state index contributed by atoms with van der Waals surface area (Å²) in [5, 5.41) is 3.70. The van der Waals surface area contributed by atoms with Crippen molar-refractivity contribution in [3.05, 3.63) is 0 Å². The third kappa shape index (κ3) is 1.52. The molecule has 0 bridgehead atoms. The van der Waals surface area contributed by atoms with Crippen LogP contribution in [0.4, 0.5) is 0 Å². The molecule has 0 radical (unpaired) electrons. The van der Waals surface area contributed by atoms with Gasteiger partial charge < -0.3 is 5.32 Å². The Balaban J connectivity index is 1.71. The predicted octanol–water partition coefficient (Wildman–Crippen LogP) is 2.56. The van der Waals surface area contributed by atoms with E-state index in [1.165, 1.54) is 38.6 Å². The summed E-state index contributed by atoms with van der Waals surface area (Å²) in [6.07, 6.45) is 7.23. The fourth-order valence-corrected chi connectivity index (χ4v) is 2.08. The smallest absolute Gasteiger partial charge is 0.00673 e. The topological polar surface area (TPSA) is 12.0 Å². The van der Waals surface area contributed by atoms with Gasteiger partial charge in [-0.1, -0.05) is 20.3 Å². The lowest BCUT2D eigenvalue weighted by atomic mass is 9.89. The lowest BCUT2D eigenvalue weighted by molar-refractivity contribution is 0.272. The van der Waals surface area contributed by atoms with Crippen LogP contribution in [0.15, 0.2) is 0 Å². The molecule has 0 spiro atoms. The number of rotatable bonds is 4. The first-order chi connectivity index (χ1) is 5.73. The van der Waals surface area contributed by atoms with Gasteiger partial charge in [-0.25, -0.2) is 0 Å². The van der Waals surface area contributed by atoms with Crippen LogP contribution in [0.3, 0.4) is 0 Å². The minimum Gasteiger partial charge on any atom is -0.313 e. The van der Waals surface area contributed by atoms with Crippen molar-refractivity contribution in [1.82, 2.24) is 5.32 Å². The largest absolute Gasteiger partial charge is 0.313 e. The van der Waals surface area contributed by atoms with Crippen LogP contribution in [0.1, 0.15) is 46.0 Å². The molecule has 2 rings (SSSR count). The van der Waals surface area contributed by atoms with Crippen molar-refractivity contribution >= 4 is 0 Å². The maximum absolute atomic E-state index is 3.70. The normalized spacial score (nSPS) is 27.2. The van der Waals surface area contributed by atoms with Crippen molar-refractivity contribution < 1.29 is 0 Å². The van der Waals surface area contributed by atoms with Crippen LogP contribution in [-0.4, -0.2) is 12.6 Å². The van der Waals surface area contributed by atoms with Gasteiger partial charge in [0.05, 0.1) is 0 Å². The zero-order chi connectivity index (χ0) is 8.60. The van der Waals surface area contributed by atoms with Crippen molar-refractivity contribution in [3.8, 4) is 0 Å². The second-order valence-corrected chi connectivity index (χ2v) is 5.03. The first-order valence-electron chi connectivity index (χ1n) is 5.46. The van der Waals surface area contributed by atoms with Crippen LogP contribution < -0.4 is 5.32 Å². The zero-order valence-electron chi connectivity index (χ0n) is 8.40. The van der Waals surface area contributed by atoms with Crippen LogP contribution in [0.25, 0.3) is 0 Å². The fraction of sp³-hybridized carbons (Fsp3) is 1.00. The summed E-state index contributed by atoms with van der Waals surface area (Å²) in [6, 6.07) is 0.876. The summed E-state index contributed by atoms with van der Waals surface area (Å²) >= 11 is 0. The van der Waals surface area contributed by atoms with Crippen molar-refractivity contribution in [3.63, 3.8) is 0 Å². The summed E-state index contributed by atoms with van der Waals surface area (Å²) < 4.78 is 0. The average molecular weight is 167 g/mol. The monoisotopic (exact) mass is 167 g/mol. The maximum atomic E-state index is 3.70. The highest BCUT2D eigenvalue weighted by Crippen LogP contribution is 2.51. The lowest BCUT2D eigenvalue weighted by Crippen LogP contribution is -2.39. The van der Waals surface area contributed by atoms with E-state index in [-0.39, 0.29) is 0 Å². The van der Waals surface area contributed by atoms with Crippen LogP contribution >= 0.6 is 0 Å². The Morgan fingerprint density at radius 1 is 1.33 bits per heavy atom. The van der Waals surface area contributed by atoms with Gasteiger partial charge in [0.25, 0.3) is 0 Å². The number of hydrogen-bond donors (Lipinski definition) is 1. The number of nitrogens with one attached hydrogen (secondary N) is 1. The molecule has 2 aliphatic rings. The third-order valence-electron chi connectivity index (χ3n) is 3.96. The molecule has 1 nitrogen and oxygen atoms in total. The molecule has 1 heteroatoms. The second-order valence-electron chi connectivity index (χ2n) is 5.03. The SMILES string of the molecule is CC(C)C1(CNC2CCC2)CC1. The Morgan fingerprint density at radius 3 is 2.33 bits per heavy atom. The molecular formula is C11H21N. The van der Waals surface area contributed by atoms with Gasteiger partial charge in [0.15, 0.2) is 0 Å². The molecule has 0 unspecified atom stereocenters. The minimum atomic E-state index is 0.704. The Kier molecular flexibility index (Phi) is 2.16. The van der Waals surface area contributed by atoms with Crippen LogP contribution in [0.2, 0.25) is 0 Å². The van der Waals surface area contributed by atoms with Gasteiger partial charge in [0.1, 0.15) is 0 Å². The van der Waals surface area contributed by atoms with Gasteiger partial charge >= 0.3 is 0 Å². The summed E-state index contributed by atoms with van der Waals surface area (Å²) in [5.41, 5.74) is 0.704. The van der Waals surface area contributed by atoms with Crippen molar-refractivity contribution in [2.45, 2.75) is 52.0 Å². The molecule has 2 aliphatic carbocycles. The quantitative estimate of drug-likeness (QED) is 0.678. The standard InChI is InChI=1S/C11H21N/c1-9(2)11(6-7-11)8-12-10-4-3-5-10/h9-10,12H,3-8H2,1-2H3.